The second kappa shape index (κ2) is 3.50. The fraction of sp³-hybridized carbons (Fsp3) is 0.333. The third kappa shape index (κ3) is 1.54. The monoisotopic (exact) mass is 203 g/mol. The van der Waals surface area contributed by atoms with Crippen molar-refractivity contribution in [2.75, 3.05) is 6.54 Å². The first-order valence-corrected chi connectivity index (χ1v) is 5.03. The Labute approximate surface area is 88.5 Å². The van der Waals surface area contributed by atoms with Gasteiger partial charge in [0.1, 0.15) is 5.41 Å². The third-order valence-corrected chi connectivity index (χ3v) is 2.95. The number of rotatable bonds is 2. The molecule has 15 heavy (non-hydrogen) atoms. The van der Waals surface area contributed by atoms with Crippen LogP contribution < -0.4 is 5.32 Å². The smallest absolute Gasteiger partial charge is 0.233 e. The van der Waals surface area contributed by atoms with E-state index in [1.807, 2.05) is 18.2 Å². The van der Waals surface area contributed by atoms with E-state index in [0.29, 0.717) is 18.5 Å². The van der Waals surface area contributed by atoms with Gasteiger partial charge in [0.2, 0.25) is 5.91 Å². The molecule has 0 radical (unpaired) electrons. The van der Waals surface area contributed by atoms with Gasteiger partial charge in [0, 0.05) is 12.1 Å². The standard InChI is InChI=1S/C12H13NO2/c1-12(7-8-13-11(12)15)10(14)9-5-3-2-4-6-9/h2-6H,7-8H2,1H3,(H,13,15). The van der Waals surface area contributed by atoms with Crippen molar-refractivity contribution in [1.82, 2.24) is 5.32 Å². The minimum absolute atomic E-state index is 0.0851. The van der Waals surface area contributed by atoms with Crippen LogP contribution in [0.1, 0.15) is 23.7 Å². The Kier molecular flexibility index (Phi) is 2.31. The van der Waals surface area contributed by atoms with Crippen molar-refractivity contribution in [2.45, 2.75) is 13.3 Å². The highest BCUT2D eigenvalue weighted by Crippen LogP contribution is 2.30. The van der Waals surface area contributed by atoms with Crippen LogP contribution in [0.5, 0.6) is 0 Å². The molecule has 0 aromatic heterocycles. The lowest BCUT2D eigenvalue weighted by Gasteiger charge is -2.18. The van der Waals surface area contributed by atoms with Crippen LogP contribution in [0, 0.1) is 5.41 Å². The van der Waals surface area contributed by atoms with Crippen molar-refractivity contribution in [3.05, 3.63) is 35.9 Å². The van der Waals surface area contributed by atoms with Gasteiger partial charge in [-0.15, -0.1) is 0 Å². The van der Waals surface area contributed by atoms with E-state index in [0.717, 1.165) is 0 Å². The summed E-state index contributed by atoms with van der Waals surface area (Å²) in [4.78, 5) is 23.7. The summed E-state index contributed by atoms with van der Waals surface area (Å²) in [5, 5.41) is 2.70. The van der Waals surface area contributed by atoms with Crippen molar-refractivity contribution in [3.63, 3.8) is 0 Å². The van der Waals surface area contributed by atoms with Crippen molar-refractivity contribution < 1.29 is 9.59 Å². The number of hydrogen-bond donors (Lipinski definition) is 1. The summed E-state index contributed by atoms with van der Waals surface area (Å²) < 4.78 is 0. The first-order valence-electron chi connectivity index (χ1n) is 5.03. The summed E-state index contributed by atoms with van der Waals surface area (Å²) >= 11 is 0. The number of ketones is 1. The normalized spacial score (nSPS) is 25.0. The second-order valence-electron chi connectivity index (χ2n) is 4.03. The summed E-state index contributed by atoms with van der Waals surface area (Å²) in [6.07, 6.45) is 0.583. The molecular weight excluding hydrogens is 190 g/mol. The first kappa shape index (κ1) is 9.90. The summed E-state index contributed by atoms with van der Waals surface area (Å²) in [5.74, 6) is -0.241. The molecule has 1 unspecified atom stereocenters. The van der Waals surface area contributed by atoms with Crippen LogP contribution in [0.25, 0.3) is 0 Å². The Morgan fingerprint density at radius 2 is 2.00 bits per heavy atom. The van der Waals surface area contributed by atoms with E-state index in [-0.39, 0.29) is 11.7 Å². The SMILES string of the molecule is CC1(C(=O)c2ccccc2)CCNC1=O. The molecule has 1 atom stereocenters. The summed E-state index contributed by atoms with van der Waals surface area (Å²) in [7, 11) is 0. The average Bonchev–Trinajstić information content (AvgIpc) is 2.61. The number of carbonyl (C=O) groups is 2. The molecule has 1 amide bonds. The lowest BCUT2D eigenvalue weighted by Crippen LogP contribution is -2.36. The Balaban J connectivity index is 2.33. The van der Waals surface area contributed by atoms with Gasteiger partial charge in [0.15, 0.2) is 5.78 Å². The zero-order chi connectivity index (χ0) is 10.9. The van der Waals surface area contributed by atoms with Gasteiger partial charge in [-0.05, 0) is 13.3 Å². The fourth-order valence-electron chi connectivity index (χ4n) is 1.86. The Morgan fingerprint density at radius 1 is 1.33 bits per heavy atom. The number of amides is 1. The maximum absolute atomic E-state index is 12.1. The number of Topliss-reactive ketones (excluding diaryl/α,β-unsaturated/α-hetero) is 1. The van der Waals surface area contributed by atoms with Gasteiger partial charge in [-0.2, -0.15) is 0 Å². The predicted octanol–water partition coefficient (Wildman–Crippen LogP) is 1.40. The fourth-order valence-corrected chi connectivity index (χ4v) is 1.86. The highest BCUT2D eigenvalue weighted by atomic mass is 16.2. The molecule has 0 aliphatic carbocycles. The molecule has 1 heterocycles. The van der Waals surface area contributed by atoms with E-state index in [2.05, 4.69) is 5.32 Å². The highest BCUT2D eigenvalue weighted by molar-refractivity contribution is 6.14. The van der Waals surface area contributed by atoms with Gasteiger partial charge < -0.3 is 5.32 Å². The van der Waals surface area contributed by atoms with E-state index in [4.69, 9.17) is 0 Å². The molecule has 78 valence electrons. The minimum Gasteiger partial charge on any atom is -0.355 e. The molecule has 0 bridgehead atoms. The van der Waals surface area contributed by atoms with Gasteiger partial charge in [-0.3, -0.25) is 9.59 Å². The lowest BCUT2D eigenvalue weighted by molar-refractivity contribution is -0.124. The summed E-state index contributed by atoms with van der Waals surface area (Å²) in [6.45, 7) is 2.30. The zero-order valence-corrected chi connectivity index (χ0v) is 8.62. The maximum Gasteiger partial charge on any atom is 0.233 e. The number of carbonyl (C=O) groups excluding carboxylic acids is 2. The largest absolute Gasteiger partial charge is 0.355 e. The lowest BCUT2D eigenvalue weighted by atomic mass is 9.81. The van der Waals surface area contributed by atoms with E-state index in [1.54, 1.807) is 19.1 Å². The van der Waals surface area contributed by atoms with Gasteiger partial charge in [0.25, 0.3) is 0 Å². The Hall–Kier alpha value is -1.64. The minimum atomic E-state index is -0.874. The van der Waals surface area contributed by atoms with Crippen LogP contribution in [0.15, 0.2) is 30.3 Å². The molecule has 0 spiro atoms. The molecule has 0 saturated carbocycles. The molecule has 1 aliphatic rings. The van der Waals surface area contributed by atoms with Crippen LogP contribution >= 0.6 is 0 Å². The molecule has 1 N–H and O–H groups in total. The van der Waals surface area contributed by atoms with Crippen molar-refractivity contribution >= 4 is 11.7 Å². The van der Waals surface area contributed by atoms with Crippen LogP contribution in [0.4, 0.5) is 0 Å². The quantitative estimate of drug-likeness (QED) is 0.583. The molecular formula is C12H13NO2. The number of benzene rings is 1. The third-order valence-electron chi connectivity index (χ3n) is 2.95. The van der Waals surface area contributed by atoms with Crippen LogP contribution in [0.3, 0.4) is 0 Å². The topological polar surface area (TPSA) is 46.2 Å². The average molecular weight is 203 g/mol. The number of hydrogen-bond acceptors (Lipinski definition) is 2. The van der Waals surface area contributed by atoms with Crippen LogP contribution in [-0.2, 0) is 4.79 Å². The van der Waals surface area contributed by atoms with E-state index >= 15 is 0 Å². The highest BCUT2D eigenvalue weighted by Gasteiger charge is 2.44. The second-order valence-corrected chi connectivity index (χ2v) is 4.03. The van der Waals surface area contributed by atoms with Gasteiger partial charge in [-0.25, -0.2) is 0 Å². The summed E-state index contributed by atoms with van der Waals surface area (Å²) in [5.41, 5.74) is -0.265. The Bertz CT molecular complexity index is 399. The first-order chi connectivity index (χ1) is 7.14. The van der Waals surface area contributed by atoms with Gasteiger partial charge in [0.05, 0.1) is 0 Å². The van der Waals surface area contributed by atoms with E-state index in [1.165, 1.54) is 0 Å². The summed E-state index contributed by atoms with van der Waals surface area (Å²) in [6, 6.07) is 8.97. The maximum atomic E-state index is 12.1. The predicted molar refractivity (Wildman–Crippen MR) is 56.5 cm³/mol. The molecule has 1 saturated heterocycles. The van der Waals surface area contributed by atoms with Crippen molar-refractivity contribution in [2.24, 2.45) is 5.41 Å². The molecule has 3 nitrogen and oxygen atoms in total. The molecule has 2 rings (SSSR count). The van der Waals surface area contributed by atoms with Crippen LogP contribution in [-0.4, -0.2) is 18.2 Å². The van der Waals surface area contributed by atoms with Crippen molar-refractivity contribution in [1.29, 1.82) is 0 Å². The van der Waals surface area contributed by atoms with E-state index in [9.17, 15) is 9.59 Å². The zero-order valence-electron chi connectivity index (χ0n) is 8.62. The van der Waals surface area contributed by atoms with Crippen LogP contribution in [0.2, 0.25) is 0 Å². The van der Waals surface area contributed by atoms with Gasteiger partial charge in [-0.1, -0.05) is 30.3 Å². The van der Waals surface area contributed by atoms with Gasteiger partial charge >= 0.3 is 0 Å². The van der Waals surface area contributed by atoms with Crippen molar-refractivity contribution in [3.8, 4) is 0 Å². The Morgan fingerprint density at radius 3 is 2.53 bits per heavy atom. The van der Waals surface area contributed by atoms with E-state index < -0.39 is 5.41 Å². The molecule has 1 aromatic carbocycles. The molecule has 3 heteroatoms. The number of nitrogens with one attached hydrogen (secondary N) is 1. The molecule has 1 aromatic rings. The molecule has 1 aliphatic heterocycles. The molecule has 1 fully saturated rings.